The van der Waals surface area contributed by atoms with Crippen molar-refractivity contribution in [3.05, 3.63) is 69.9 Å². The van der Waals surface area contributed by atoms with Crippen LogP contribution in [0.25, 0.3) is 20.3 Å². The number of aliphatic hydroxyl groups is 1. The van der Waals surface area contributed by atoms with E-state index < -0.39 is 0 Å². The van der Waals surface area contributed by atoms with Gasteiger partial charge in [-0.2, -0.15) is 0 Å². The summed E-state index contributed by atoms with van der Waals surface area (Å²) in [6, 6.07) is 11.5. The zero-order valence-electron chi connectivity index (χ0n) is 20.1. The number of aromatic nitrogens is 3. The summed E-state index contributed by atoms with van der Waals surface area (Å²) in [6.07, 6.45) is 1.79. The van der Waals surface area contributed by atoms with Crippen molar-refractivity contribution in [1.29, 1.82) is 0 Å². The van der Waals surface area contributed by atoms with Gasteiger partial charge in [0, 0.05) is 27.7 Å². The number of nitrogens with zero attached hydrogens (tertiary/aromatic N) is 3. The number of carbonyl (C=O) groups excluding carboxylic acids is 1. The van der Waals surface area contributed by atoms with E-state index in [9.17, 15) is 4.79 Å². The lowest BCUT2D eigenvalue weighted by Crippen LogP contribution is -2.28. The molecule has 12 heteroatoms. The van der Waals surface area contributed by atoms with E-state index >= 15 is 0 Å². The summed E-state index contributed by atoms with van der Waals surface area (Å²) >= 11 is 9.54. The lowest BCUT2D eigenvalue weighted by Gasteiger charge is -2.11. The van der Waals surface area contributed by atoms with E-state index in [1.54, 1.807) is 22.9 Å². The Hall–Kier alpha value is -3.35. The van der Waals surface area contributed by atoms with E-state index in [1.165, 1.54) is 17.7 Å². The van der Waals surface area contributed by atoms with Crippen molar-refractivity contribution in [2.45, 2.75) is 13.0 Å². The zero-order chi connectivity index (χ0) is 26.3. The van der Waals surface area contributed by atoms with Crippen molar-refractivity contribution < 1.29 is 19.4 Å². The topological polar surface area (TPSA) is 118 Å². The fraction of sp³-hybridized carbons (Fsp3) is 0.231. The summed E-state index contributed by atoms with van der Waals surface area (Å²) in [4.78, 5) is 26.3. The normalized spacial score (nSPS) is 11.2. The van der Waals surface area contributed by atoms with Crippen LogP contribution in [0.2, 0.25) is 5.02 Å². The van der Waals surface area contributed by atoms with E-state index in [0.29, 0.717) is 36.3 Å². The molecule has 3 aromatic heterocycles. The van der Waals surface area contributed by atoms with E-state index in [4.69, 9.17) is 26.2 Å². The van der Waals surface area contributed by atoms with E-state index in [1.807, 2.05) is 35.7 Å². The highest BCUT2D eigenvalue weighted by Crippen LogP contribution is 2.38. The molecule has 9 nitrogen and oxygen atoms in total. The number of carbonyl (C=O) groups is 1. The molecule has 0 spiro atoms. The third kappa shape index (κ3) is 6.37. The number of fused-ring (bicyclic) bond motifs is 3. The molecule has 1 amide bonds. The standard InChI is InChI=1S/C26H24ClN5O4S2/c27-20-11-17(2-4-21(20)36-12-18-13-37-15-31-18)32-25-24-19-3-1-16(9-22(19)38-26(24)30-14-29-25)10-23(34)28-5-7-35-8-6-33/h1-4,9,11,13-15,33H,5-8,10,12H2,(H,28,34)(H,29,30,32). The number of anilines is 2. The lowest BCUT2D eigenvalue weighted by molar-refractivity contribution is -0.120. The van der Waals surface area contributed by atoms with Crippen LogP contribution in [0.5, 0.6) is 5.75 Å². The summed E-state index contributed by atoms with van der Waals surface area (Å²) in [6.45, 7) is 1.35. The number of amides is 1. The summed E-state index contributed by atoms with van der Waals surface area (Å²) in [5.41, 5.74) is 4.29. The van der Waals surface area contributed by atoms with Gasteiger partial charge in [0.15, 0.2) is 0 Å². The molecule has 38 heavy (non-hydrogen) atoms. The number of thiazole rings is 1. The van der Waals surface area contributed by atoms with Gasteiger partial charge < -0.3 is 25.2 Å². The third-order valence-electron chi connectivity index (χ3n) is 5.56. The highest BCUT2D eigenvalue weighted by molar-refractivity contribution is 7.25. The Labute approximate surface area is 231 Å². The van der Waals surface area contributed by atoms with Crippen molar-refractivity contribution in [1.82, 2.24) is 20.3 Å². The van der Waals surface area contributed by atoms with E-state index in [0.717, 1.165) is 37.2 Å². The molecule has 0 saturated heterocycles. The molecular weight excluding hydrogens is 546 g/mol. The van der Waals surface area contributed by atoms with Crippen LogP contribution in [0.1, 0.15) is 11.3 Å². The fourth-order valence-electron chi connectivity index (χ4n) is 3.83. The lowest BCUT2D eigenvalue weighted by atomic mass is 10.1. The predicted octanol–water partition coefficient (Wildman–Crippen LogP) is 4.94. The maximum atomic E-state index is 12.3. The minimum absolute atomic E-state index is 0.0336. The maximum Gasteiger partial charge on any atom is 0.224 e. The second-order valence-corrected chi connectivity index (χ2v) is 10.4. The van der Waals surface area contributed by atoms with Crippen LogP contribution in [0, 0.1) is 0 Å². The molecule has 0 radical (unpaired) electrons. The first kappa shape index (κ1) is 26.3. The van der Waals surface area contributed by atoms with Crippen LogP contribution >= 0.6 is 34.3 Å². The molecule has 196 valence electrons. The number of nitrogens with one attached hydrogen (secondary N) is 2. The second-order valence-electron chi connectivity index (χ2n) is 8.24. The fourth-order valence-corrected chi connectivity index (χ4v) is 5.71. The summed E-state index contributed by atoms with van der Waals surface area (Å²) in [5.74, 6) is 1.16. The van der Waals surface area contributed by atoms with Gasteiger partial charge in [-0.15, -0.1) is 22.7 Å². The van der Waals surface area contributed by atoms with Crippen LogP contribution in [0.15, 0.2) is 53.6 Å². The molecule has 2 aromatic carbocycles. The van der Waals surface area contributed by atoms with Crippen LogP contribution in [-0.2, 0) is 22.6 Å². The molecule has 3 heterocycles. The molecule has 0 aliphatic carbocycles. The number of aliphatic hydroxyl groups excluding tert-OH is 1. The van der Waals surface area contributed by atoms with Crippen LogP contribution < -0.4 is 15.4 Å². The Morgan fingerprint density at radius 2 is 2.03 bits per heavy atom. The average Bonchev–Trinajstić information content (AvgIpc) is 3.56. The van der Waals surface area contributed by atoms with Gasteiger partial charge in [0.25, 0.3) is 0 Å². The van der Waals surface area contributed by atoms with Gasteiger partial charge in [0.1, 0.15) is 29.3 Å². The minimum atomic E-state index is -0.0869. The molecule has 0 unspecified atom stereocenters. The van der Waals surface area contributed by atoms with Gasteiger partial charge in [0.2, 0.25) is 5.91 Å². The quantitative estimate of drug-likeness (QED) is 0.181. The largest absolute Gasteiger partial charge is 0.486 e. The van der Waals surface area contributed by atoms with Crippen LogP contribution in [0.4, 0.5) is 11.5 Å². The van der Waals surface area contributed by atoms with Crippen LogP contribution in [0.3, 0.4) is 0 Å². The molecule has 0 fully saturated rings. The van der Waals surface area contributed by atoms with Crippen molar-refractivity contribution >= 4 is 72.0 Å². The SMILES string of the molecule is O=C(Cc1ccc2c(c1)sc1ncnc(Nc3ccc(OCc4cscn4)c(Cl)c3)c12)NCCOCCO. The number of halogens is 1. The summed E-state index contributed by atoms with van der Waals surface area (Å²) < 4.78 is 12.0. The number of ether oxygens (including phenoxy) is 2. The first-order chi connectivity index (χ1) is 18.6. The second kappa shape index (κ2) is 12.5. The number of hydrogen-bond donors (Lipinski definition) is 3. The number of benzene rings is 2. The van der Waals surface area contributed by atoms with Gasteiger partial charge in [-0.1, -0.05) is 23.7 Å². The average molecular weight is 570 g/mol. The number of rotatable bonds is 12. The molecule has 0 atom stereocenters. The molecule has 5 aromatic rings. The van der Waals surface area contributed by atoms with Gasteiger partial charge in [-0.05, 0) is 29.8 Å². The zero-order valence-corrected chi connectivity index (χ0v) is 22.5. The number of hydrogen-bond acceptors (Lipinski definition) is 10. The van der Waals surface area contributed by atoms with Crippen LogP contribution in [-0.4, -0.2) is 52.3 Å². The molecule has 0 bridgehead atoms. The summed E-state index contributed by atoms with van der Waals surface area (Å²) in [7, 11) is 0. The first-order valence-electron chi connectivity index (χ1n) is 11.8. The molecule has 5 rings (SSSR count). The molecule has 3 N–H and O–H groups in total. The molecule has 0 aliphatic heterocycles. The highest BCUT2D eigenvalue weighted by atomic mass is 35.5. The maximum absolute atomic E-state index is 12.3. The molecular formula is C26H24ClN5O4S2. The molecule has 0 saturated carbocycles. The monoisotopic (exact) mass is 569 g/mol. The van der Waals surface area contributed by atoms with Gasteiger partial charge >= 0.3 is 0 Å². The predicted molar refractivity (Wildman–Crippen MR) is 151 cm³/mol. The smallest absolute Gasteiger partial charge is 0.224 e. The van der Waals surface area contributed by atoms with Gasteiger partial charge in [0.05, 0.1) is 47.9 Å². The Kier molecular flexibility index (Phi) is 8.61. The Balaban J connectivity index is 1.29. The highest BCUT2D eigenvalue weighted by Gasteiger charge is 2.14. The van der Waals surface area contributed by atoms with Crippen molar-refractivity contribution in [3.8, 4) is 5.75 Å². The minimum Gasteiger partial charge on any atom is -0.486 e. The Morgan fingerprint density at radius 1 is 1.11 bits per heavy atom. The number of thiophene rings is 1. The summed E-state index contributed by atoms with van der Waals surface area (Å²) in [5, 5.41) is 19.2. The van der Waals surface area contributed by atoms with E-state index in [-0.39, 0.29) is 25.5 Å². The Bertz CT molecular complexity index is 1540. The van der Waals surface area contributed by atoms with Crippen molar-refractivity contribution in [3.63, 3.8) is 0 Å². The van der Waals surface area contributed by atoms with Gasteiger partial charge in [-0.3, -0.25) is 4.79 Å². The Morgan fingerprint density at radius 3 is 2.84 bits per heavy atom. The first-order valence-corrected chi connectivity index (χ1v) is 13.9. The third-order valence-corrected chi connectivity index (χ3v) is 7.55. The van der Waals surface area contributed by atoms with Gasteiger partial charge in [-0.25, -0.2) is 15.0 Å². The van der Waals surface area contributed by atoms with E-state index in [2.05, 4.69) is 25.6 Å². The van der Waals surface area contributed by atoms with Crippen molar-refractivity contribution in [2.24, 2.45) is 0 Å². The van der Waals surface area contributed by atoms with Crippen molar-refractivity contribution in [2.75, 3.05) is 31.7 Å². The molecule has 0 aliphatic rings.